The number of H-pyrrole nitrogens is 1. The summed E-state index contributed by atoms with van der Waals surface area (Å²) in [5.74, 6) is -0.358. The lowest BCUT2D eigenvalue weighted by Gasteiger charge is -1.99. The van der Waals surface area contributed by atoms with Gasteiger partial charge in [0, 0.05) is 30.2 Å². The highest BCUT2D eigenvalue weighted by Gasteiger charge is 2.11. The molecule has 21 heavy (non-hydrogen) atoms. The van der Waals surface area contributed by atoms with Crippen molar-refractivity contribution in [1.29, 1.82) is 0 Å². The topological polar surface area (TPSA) is 101 Å². The Morgan fingerprint density at radius 3 is 2.67 bits per heavy atom. The number of nitrogens with zero attached hydrogens (tertiary/aromatic N) is 3. The minimum Gasteiger partial charge on any atom is -0.328 e. The zero-order chi connectivity index (χ0) is 14.7. The van der Waals surface area contributed by atoms with Gasteiger partial charge in [0.2, 0.25) is 10.7 Å². The molecule has 0 radical (unpaired) electrons. The van der Waals surface area contributed by atoms with Gasteiger partial charge in [-0.1, -0.05) is 11.3 Å². The molecule has 0 saturated heterocycles. The van der Waals surface area contributed by atoms with Crippen LogP contribution < -0.4 is 10.9 Å². The van der Waals surface area contributed by atoms with Crippen molar-refractivity contribution >= 4 is 22.4 Å². The average Bonchev–Trinajstić information content (AvgIpc) is 2.97. The molecule has 3 rings (SSSR count). The van der Waals surface area contributed by atoms with Gasteiger partial charge in [0.05, 0.1) is 5.56 Å². The molecule has 3 heterocycles. The lowest BCUT2D eigenvalue weighted by Crippen LogP contribution is -2.14. The molecule has 0 aliphatic carbocycles. The second-order valence-electron chi connectivity index (χ2n) is 4.04. The number of nitrogens with one attached hydrogen (secondary N) is 2. The van der Waals surface area contributed by atoms with Crippen LogP contribution in [0.4, 0.5) is 5.13 Å². The quantitative estimate of drug-likeness (QED) is 0.764. The van der Waals surface area contributed by atoms with E-state index >= 15 is 0 Å². The first-order valence-electron chi connectivity index (χ1n) is 5.96. The van der Waals surface area contributed by atoms with Gasteiger partial charge in [-0.2, -0.15) is 0 Å². The Balaban J connectivity index is 1.77. The van der Waals surface area contributed by atoms with E-state index in [0.29, 0.717) is 15.7 Å². The molecule has 0 aromatic carbocycles. The van der Waals surface area contributed by atoms with E-state index in [1.165, 1.54) is 29.7 Å². The van der Waals surface area contributed by atoms with E-state index in [2.05, 4.69) is 25.5 Å². The smallest absolute Gasteiger partial charge is 0.258 e. The molecule has 0 bridgehead atoms. The number of aromatic amines is 1. The first-order chi connectivity index (χ1) is 10.2. The number of hydrogen-bond acceptors (Lipinski definition) is 6. The number of amides is 1. The van der Waals surface area contributed by atoms with Crippen molar-refractivity contribution in [3.05, 3.63) is 58.8 Å². The van der Waals surface area contributed by atoms with Crippen LogP contribution in [0, 0.1) is 0 Å². The van der Waals surface area contributed by atoms with Crippen LogP contribution >= 0.6 is 11.3 Å². The summed E-state index contributed by atoms with van der Waals surface area (Å²) < 4.78 is 0. The van der Waals surface area contributed by atoms with E-state index in [9.17, 15) is 9.59 Å². The van der Waals surface area contributed by atoms with Crippen LogP contribution in [0.3, 0.4) is 0 Å². The number of hydrogen-bond donors (Lipinski definition) is 2. The van der Waals surface area contributed by atoms with Crippen LogP contribution in [0.2, 0.25) is 0 Å². The summed E-state index contributed by atoms with van der Waals surface area (Å²) in [7, 11) is 0. The molecule has 0 atom stereocenters. The van der Waals surface area contributed by atoms with Gasteiger partial charge in [0.25, 0.3) is 5.91 Å². The number of rotatable bonds is 3. The molecule has 0 aliphatic rings. The Morgan fingerprint density at radius 2 is 1.95 bits per heavy atom. The minimum absolute atomic E-state index is 0.262. The summed E-state index contributed by atoms with van der Waals surface area (Å²) in [6.45, 7) is 0. The highest BCUT2D eigenvalue weighted by molar-refractivity contribution is 7.18. The zero-order valence-corrected chi connectivity index (χ0v) is 11.4. The third-order valence-corrected chi connectivity index (χ3v) is 3.51. The van der Waals surface area contributed by atoms with Crippen molar-refractivity contribution in [2.45, 2.75) is 0 Å². The number of carbonyl (C=O) groups excluding carboxylic acids is 1. The fraction of sp³-hybridized carbons (Fsp3) is 0. The maximum atomic E-state index is 12.0. The Labute approximate surface area is 122 Å². The van der Waals surface area contributed by atoms with Crippen molar-refractivity contribution < 1.29 is 4.79 Å². The van der Waals surface area contributed by atoms with Gasteiger partial charge in [-0.25, -0.2) is 0 Å². The summed E-state index contributed by atoms with van der Waals surface area (Å²) in [5, 5.41) is 11.6. The summed E-state index contributed by atoms with van der Waals surface area (Å²) in [5.41, 5.74) is 0.963. The second-order valence-corrected chi connectivity index (χ2v) is 5.02. The summed E-state index contributed by atoms with van der Waals surface area (Å²) in [4.78, 5) is 29.3. The van der Waals surface area contributed by atoms with Crippen molar-refractivity contribution in [1.82, 2.24) is 20.2 Å². The third kappa shape index (κ3) is 3.00. The van der Waals surface area contributed by atoms with Crippen LogP contribution in [0.25, 0.3) is 10.6 Å². The van der Waals surface area contributed by atoms with E-state index in [1.54, 1.807) is 12.4 Å². The SMILES string of the molecule is O=C(Nc1nnc(-c2ccncc2)s1)c1ccc(=O)[nH]c1. The Hall–Kier alpha value is -2.87. The maximum absolute atomic E-state index is 12.0. The van der Waals surface area contributed by atoms with Gasteiger partial charge in [-0.05, 0) is 18.2 Å². The molecule has 0 spiro atoms. The van der Waals surface area contributed by atoms with E-state index in [1.807, 2.05) is 12.1 Å². The first-order valence-corrected chi connectivity index (χ1v) is 6.78. The second kappa shape index (κ2) is 5.63. The molecule has 0 fully saturated rings. The molecule has 104 valence electrons. The van der Waals surface area contributed by atoms with Gasteiger partial charge < -0.3 is 4.98 Å². The summed E-state index contributed by atoms with van der Waals surface area (Å²) in [6.07, 6.45) is 4.67. The fourth-order valence-electron chi connectivity index (χ4n) is 1.61. The van der Waals surface area contributed by atoms with Gasteiger partial charge in [0.15, 0.2) is 0 Å². The number of aromatic nitrogens is 4. The molecule has 0 unspecified atom stereocenters. The van der Waals surface area contributed by atoms with Crippen LogP contribution in [0.1, 0.15) is 10.4 Å². The van der Waals surface area contributed by atoms with Crippen molar-refractivity contribution in [3.63, 3.8) is 0 Å². The predicted molar refractivity (Wildman–Crippen MR) is 78.2 cm³/mol. The van der Waals surface area contributed by atoms with Crippen LogP contribution in [0.15, 0.2) is 47.7 Å². The first kappa shape index (κ1) is 13.1. The molecule has 7 nitrogen and oxygen atoms in total. The van der Waals surface area contributed by atoms with Crippen LogP contribution in [0.5, 0.6) is 0 Å². The average molecular weight is 299 g/mol. The number of anilines is 1. The molecule has 0 aliphatic heterocycles. The lowest BCUT2D eigenvalue weighted by atomic mass is 10.3. The molecular weight excluding hydrogens is 290 g/mol. The van der Waals surface area contributed by atoms with Crippen LogP contribution in [-0.2, 0) is 0 Å². The van der Waals surface area contributed by atoms with Gasteiger partial charge in [0.1, 0.15) is 5.01 Å². The minimum atomic E-state index is -0.358. The normalized spacial score (nSPS) is 10.3. The largest absolute Gasteiger partial charge is 0.328 e. The Bertz CT molecular complexity index is 807. The van der Waals surface area contributed by atoms with E-state index < -0.39 is 0 Å². The molecule has 3 aromatic heterocycles. The maximum Gasteiger partial charge on any atom is 0.258 e. The van der Waals surface area contributed by atoms with Crippen molar-refractivity contribution in [2.24, 2.45) is 0 Å². The van der Waals surface area contributed by atoms with E-state index in [0.717, 1.165) is 5.56 Å². The van der Waals surface area contributed by atoms with Gasteiger partial charge >= 0.3 is 0 Å². The number of pyridine rings is 2. The molecule has 3 aromatic rings. The van der Waals surface area contributed by atoms with Crippen LogP contribution in [-0.4, -0.2) is 26.1 Å². The Morgan fingerprint density at radius 1 is 1.14 bits per heavy atom. The Kier molecular flexibility index (Phi) is 3.52. The zero-order valence-electron chi connectivity index (χ0n) is 10.6. The number of carbonyl (C=O) groups is 1. The molecule has 8 heteroatoms. The standard InChI is InChI=1S/C13H9N5O2S/c19-10-2-1-9(7-15-10)11(20)16-13-18-17-12(21-13)8-3-5-14-6-4-8/h1-7H,(H,15,19)(H,16,18,20). The molecule has 2 N–H and O–H groups in total. The monoisotopic (exact) mass is 299 g/mol. The summed E-state index contributed by atoms with van der Waals surface area (Å²) >= 11 is 1.26. The van der Waals surface area contributed by atoms with Crippen molar-refractivity contribution in [2.75, 3.05) is 5.32 Å². The van der Waals surface area contributed by atoms with Gasteiger partial charge in [-0.3, -0.25) is 19.9 Å². The van der Waals surface area contributed by atoms with E-state index in [-0.39, 0.29) is 11.5 Å². The van der Waals surface area contributed by atoms with Crippen molar-refractivity contribution in [3.8, 4) is 10.6 Å². The fourth-order valence-corrected chi connectivity index (χ4v) is 2.35. The molecular formula is C13H9N5O2S. The molecule has 0 saturated carbocycles. The third-order valence-electron chi connectivity index (χ3n) is 2.62. The van der Waals surface area contributed by atoms with E-state index in [4.69, 9.17) is 0 Å². The predicted octanol–water partition coefficient (Wildman–Crippen LogP) is 1.54. The van der Waals surface area contributed by atoms with Gasteiger partial charge in [-0.15, -0.1) is 10.2 Å². The summed E-state index contributed by atoms with van der Waals surface area (Å²) in [6, 6.07) is 6.36. The highest BCUT2D eigenvalue weighted by Crippen LogP contribution is 2.25. The lowest BCUT2D eigenvalue weighted by molar-refractivity contribution is 0.102. The molecule has 1 amide bonds. The highest BCUT2D eigenvalue weighted by atomic mass is 32.1.